The predicted molar refractivity (Wildman–Crippen MR) is 109 cm³/mol. The summed E-state index contributed by atoms with van der Waals surface area (Å²) in [6.45, 7) is 3.63. The van der Waals surface area contributed by atoms with Gasteiger partial charge >= 0.3 is 0 Å². The normalized spacial score (nSPS) is 16.6. The van der Waals surface area contributed by atoms with Gasteiger partial charge in [0.1, 0.15) is 0 Å². The molecule has 0 aliphatic heterocycles. The number of hydrazine groups is 1. The number of amides is 3. The molecule has 0 fully saturated rings. The maximum absolute atomic E-state index is 12.4. The Morgan fingerprint density at radius 1 is 1.18 bits per heavy atom. The lowest BCUT2D eigenvalue weighted by molar-refractivity contribution is -0.123. The van der Waals surface area contributed by atoms with Gasteiger partial charge in [0.2, 0.25) is 11.8 Å². The zero-order valence-electron chi connectivity index (χ0n) is 16.1. The van der Waals surface area contributed by atoms with Crippen LogP contribution in [0.2, 0.25) is 0 Å². The van der Waals surface area contributed by atoms with Crippen LogP contribution in [0.1, 0.15) is 58.4 Å². The van der Waals surface area contributed by atoms with Crippen LogP contribution in [-0.4, -0.2) is 17.7 Å². The maximum Gasteiger partial charge on any atom is 0.279 e. The van der Waals surface area contributed by atoms with Gasteiger partial charge in [-0.15, -0.1) is 11.3 Å². The summed E-state index contributed by atoms with van der Waals surface area (Å²) in [6, 6.07) is 10.8. The van der Waals surface area contributed by atoms with Crippen LogP contribution in [0.5, 0.6) is 0 Å². The molecule has 0 spiro atoms. The van der Waals surface area contributed by atoms with Crippen molar-refractivity contribution in [3.63, 3.8) is 0 Å². The van der Waals surface area contributed by atoms with Crippen LogP contribution >= 0.6 is 11.3 Å². The molecule has 1 aliphatic carbocycles. The van der Waals surface area contributed by atoms with Crippen LogP contribution in [0.25, 0.3) is 0 Å². The molecule has 1 aliphatic rings. The number of benzene rings is 1. The van der Waals surface area contributed by atoms with E-state index in [0.29, 0.717) is 10.8 Å². The third kappa shape index (κ3) is 5.19. The zero-order valence-corrected chi connectivity index (χ0v) is 16.9. The van der Waals surface area contributed by atoms with Gasteiger partial charge in [0.25, 0.3) is 5.91 Å². The zero-order chi connectivity index (χ0) is 20.1. The lowest BCUT2D eigenvalue weighted by Gasteiger charge is -2.18. The van der Waals surface area contributed by atoms with E-state index in [9.17, 15) is 14.4 Å². The Morgan fingerprint density at radius 2 is 1.93 bits per heavy atom. The molecular weight excluding hydrogens is 374 g/mol. The molecule has 0 saturated carbocycles. The predicted octanol–water partition coefficient (Wildman–Crippen LogP) is 2.90. The molecule has 3 amide bonds. The Morgan fingerprint density at radius 3 is 2.64 bits per heavy atom. The fourth-order valence-corrected chi connectivity index (χ4v) is 4.53. The van der Waals surface area contributed by atoms with Gasteiger partial charge in [-0.25, -0.2) is 0 Å². The van der Waals surface area contributed by atoms with Gasteiger partial charge in [-0.3, -0.25) is 25.2 Å². The molecule has 6 nitrogen and oxygen atoms in total. The largest absolute Gasteiger partial charge is 0.349 e. The Hall–Kier alpha value is -2.67. The monoisotopic (exact) mass is 399 g/mol. The molecular formula is C21H25N3O3S. The number of hydrogen-bond donors (Lipinski definition) is 3. The van der Waals surface area contributed by atoms with E-state index in [1.54, 1.807) is 0 Å². The quantitative estimate of drug-likeness (QED) is 0.676. The minimum Gasteiger partial charge on any atom is -0.349 e. The molecule has 0 unspecified atom stereocenters. The molecule has 3 N–H and O–H groups in total. The summed E-state index contributed by atoms with van der Waals surface area (Å²) in [4.78, 5) is 38.1. The summed E-state index contributed by atoms with van der Waals surface area (Å²) in [7, 11) is 0. The minimum absolute atomic E-state index is 0.0301. The second-order valence-corrected chi connectivity index (χ2v) is 8.41. The topological polar surface area (TPSA) is 87.3 Å². The van der Waals surface area contributed by atoms with Crippen LogP contribution in [0.4, 0.5) is 0 Å². The molecule has 28 heavy (non-hydrogen) atoms. The molecule has 1 aromatic heterocycles. The van der Waals surface area contributed by atoms with E-state index in [-0.39, 0.29) is 24.1 Å². The first-order valence-corrected chi connectivity index (χ1v) is 10.3. The third-order valence-corrected chi connectivity index (χ3v) is 6.07. The number of aryl methyl sites for hydroxylation is 1. The summed E-state index contributed by atoms with van der Waals surface area (Å²) in [5, 5.41) is 2.77. The van der Waals surface area contributed by atoms with Crippen molar-refractivity contribution in [2.45, 2.75) is 45.6 Å². The molecule has 0 bridgehead atoms. The van der Waals surface area contributed by atoms with Crippen molar-refractivity contribution < 1.29 is 14.4 Å². The third-order valence-electron chi connectivity index (χ3n) is 4.84. The van der Waals surface area contributed by atoms with E-state index in [1.807, 2.05) is 36.4 Å². The fraction of sp³-hybridized carbons (Fsp3) is 0.381. The highest BCUT2D eigenvalue weighted by Gasteiger charge is 2.21. The Bertz CT molecular complexity index is 863. The van der Waals surface area contributed by atoms with Gasteiger partial charge in [0.15, 0.2) is 0 Å². The van der Waals surface area contributed by atoms with Crippen molar-refractivity contribution in [3.8, 4) is 0 Å². The van der Waals surface area contributed by atoms with Gasteiger partial charge in [-0.1, -0.05) is 37.3 Å². The first kappa shape index (κ1) is 20.1. The molecule has 7 heteroatoms. The van der Waals surface area contributed by atoms with Crippen molar-refractivity contribution in [2.24, 2.45) is 5.92 Å². The number of hydrogen-bond acceptors (Lipinski definition) is 4. The summed E-state index contributed by atoms with van der Waals surface area (Å²) in [5.74, 6) is -0.257. The van der Waals surface area contributed by atoms with E-state index in [0.717, 1.165) is 24.8 Å². The molecule has 148 valence electrons. The van der Waals surface area contributed by atoms with Gasteiger partial charge < -0.3 is 5.32 Å². The Balaban J connectivity index is 1.57. The van der Waals surface area contributed by atoms with Crippen molar-refractivity contribution >= 4 is 29.1 Å². The van der Waals surface area contributed by atoms with E-state index in [4.69, 9.17) is 0 Å². The second kappa shape index (κ2) is 9.01. The van der Waals surface area contributed by atoms with Crippen LogP contribution in [0.3, 0.4) is 0 Å². The Labute approximate surface area is 168 Å². The molecule has 0 radical (unpaired) electrons. The smallest absolute Gasteiger partial charge is 0.279 e. The second-order valence-electron chi connectivity index (χ2n) is 7.28. The minimum atomic E-state index is -0.453. The molecule has 1 heterocycles. The number of rotatable bonds is 5. The van der Waals surface area contributed by atoms with E-state index < -0.39 is 6.04 Å². The van der Waals surface area contributed by atoms with Gasteiger partial charge in [-0.2, -0.15) is 0 Å². The summed E-state index contributed by atoms with van der Waals surface area (Å²) < 4.78 is 0. The SMILES string of the molecule is CC(=O)N[C@H](CC(=O)NNC(=O)c1cc2c(s1)CC[C@H](C)C2)c1ccccc1. The first-order valence-electron chi connectivity index (χ1n) is 9.45. The number of thiophene rings is 1. The molecule has 3 rings (SSSR count). The molecule has 2 aromatic rings. The number of nitrogens with one attached hydrogen (secondary N) is 3. The molecule has 2 atom stereocenters. The van der Waals surface area contributed by atoms with Crippen molar-refractivity contribution in [3.05, 3.63) is 57.3 Å². The maximum atomic E-state index is 12.4. The van der Waals surface area contributed by atoms with Gasteiger partial charge in [0.05, 0.1) is 17.3 Å². The highest BCUT2D eigenvalue weighted by molar-refractivity contribution is 7.14. The standard InChI is InChI=1S/C21H25N3O3S/c1-13-8-9-18-16(10-13)11-19(28-18)21(27)24-23-20(26)12-17(22-14(2)25)15-6-4-3-5-7-15/h3-7,11,13,17H,8-10,12H2,1-2H3,(H,22,25)(H,23,26)(H,24,27)/t13-,17+/m0/s1. The number of fused-ring (bicyclic) bond motifs is 1. The van der Waals surface area contributed by atoms with Crippen molar-refractivity contribution in [1.82, 2.24) is 16.2 Å². The average molecular weight is 400 g/mol. The van der Waals surface area contributed by atoms with Crippen molar-refractivity contribution in [2.75, 3.05) is 0 Å². The van der Waals surface area contributed by atoms with Crippen LogP contribution in [-0.2, 0) is 22.4 Å². The summed E-state index contributed by atoms with van der Waals surface area (Å²) in [6.07, 6.45) is 3.19. The van der Waals surface area contributed by atoms with E-state index in [1.165, 1.54) is 28.7 Å². The highest BCUT2D eigenvalue weighted by Crippen LogP contribution is 2.32. The highest BCUT2D eigenvalue weighted by atomic mass is 32.1. The van der Waals surface area contributed by atoms with E-state index >= 15 is 0 Å². The van der Waals surface area contributed by atoms with Crippen LogP contribution < -0.4 is 16.2 Å². The lowest BCUT2D eigenvalue weighted by atomic mass is 9.90. The number of carbonyl (C=O) groups is 3. The van der Waals surface area contributed by atoms with E-state index in [2.05, 4.69) is 23.1 Å². The fourth-order valence-electron chi connectivity index (χ4n) is 3.43. The van der Waals surface area contributed by atoms with Crippen LogP contribution in [0, 0.1) is 5.92 Å². The molecule has 0 saturated heterocycles. The summed E-state index contributed by atoms with van der Waals surface area (Å²) >= 11 is 1.50. The molecule has 1 aromatic carbocycles. The van der Waals surface area contributed by atoms with Crippen LogP contribution in [0.15, 0.2) is 36.4 Å². The van der Waals surface area contributed by atoms with Crippen molar-refractivity contribution in [1.29, 1.82) is 0 Å². The number of carbonyl (C=O) groups excluding carboxylic acids is 3. The van der Waals surface area contributed by atoms with Gasteiger partial charge in [0, 0.05) is 11.8 Å². The average Bonchev–Trinajstić information content (AvgIpc) is 3.09. The van der Waals surface area contributed by atoms with Gasteiger partial charge in [-0.05, 0) is 42.4 Å². The Kier molecular flexibility index (Phi) is 6.46. The summed E-state index contributed by atoms with van der Waals surface area (Å²) in [5.41, 5.74) is 7.03. The first-order chi connectivity index (χ1) is 13.4. The lowest BCUT2D eigenvalue weighted by Crippen LogP contribution is -2.43.